The van der Waals surface area contributed by atoms with E-state index in [4.69, 9.17) is 16.3 Å². The molecule has 8 heteroatoms. The molecule has 1 unspecified atom stereocenters. The first-order valence-corrected chi connectivity index (χ1v) is 11.6. The van der Waals surface area contributed by atoms with Crippen LogP contribution in [0.4, 0.5) is 4.79 Å². The lowest BCUT2D eigenvalue weighted by Crippen LogP contribution is -2.50. The van der Waals surface area contributed by atoms with Crippen molar-refractivity contribution in [2.24, 2.45) is 5.41 Å². The first kappa shape index (κ1) is 22.5. The summed E-state index contributed by atoms with van der Waals surface area (Å²) in [6.45, 7) is 12.7. The van der Waals surface area contributed by atoms with Crippen LogP contribution in [0.5, 0.6) is 0 Å². The Kier molecular flexibility index (Phi) is 6.07. The summed E-state index contributed by atoms with van der Waals surface area (Å²) in [6, 6.07) is 1.84. The number of hydrogen-bond donors (Lipinski definition) is 1. The van der Waals surface area contributed by atoms with Gasteiger partial charge in [0, 0.05) is 19.3 Å². The van der Waals surface area contributed by atoms with Gasteiger partial charge in [-0.15, -0.1) is 0 Å². The highest BCUT2D eigenvalue weighted by atomic mass is 35.5. The van der Waals surface area contributed by atoms with Crippen LogP contribution < -0.4 is 4.72 Å². The monoisotopic (exact) mass is 441 g/mol. The van der Waals surface area contributed by atoms with Gasteiger partial charge in [0.1, 0.15) is 5.60 Å². The number of fused-ring (bicyclic) bond motifs is 1. The van der Waals surface area contributed by atoms with Crippen molar-refractivity contribution in [1.82, 2.24) is 14.6 Å². The highest BCUT2D eigenvalue weighted by Gasteiger charge is 2.50. The van der Waals surface area contributed by atoms with Gasteiger partial charge in [-0.2, -0.15) is 0 Å². The number of ether oxygens (including phenoxy) is 1. The molecule has 0 aromatic carbocycles. The van der Waals surface area contributed by atoms with Gasteiger partial charge in [0.15, 0.2) is 0 Å². The second kappa shape index (κ2) is 7.82. The fourth-order valence-electron chi connectivity index (χ4n) is 4.06. The maximum Gasteiger partial charge on any atom is 0.410 e. The Morgan fingerprint density at radius 3 is 2.45 bits per heavy atom. The summed E-state index contributed by atoms with van der Waals surface area (Å²) in [5, 5.41) is 0.614. The van der Waals surface area contributed by atoms with Gasteiger partial charge >= 0.3 is 6.09 Å². The molecule has 1 aliphatic carbocycles. The average Bonchev–Trinajstić information content (AvgIpc) is 2.85. The Bertz CT molecular complexity index is 808. The molecule has 1 aromatic heterocycles. The van der Waals surface area contributed by atoms with Gasteiger partial charge in [-0.25, -0.2) is 13.7 Å². The Morgan fingerprint density at radius 2 is 1.90 bits per heavy atom. The van der Waals surface area contributed by atoms with Crippen molar-refractivity contribution in [2.45, 2.75) is 77.2 Å². The zero-order chi connectivity index (χ0) is 21.6. The van der Waals surface area contributed by atoms with E-state index in [0.717, 1.165) is 30.5 Å². The summed E-state index contributed by atoms with van der Waals surface area (Å²) in [4.78, 5) is 18.8. The molecule has 3 rings (SSSR count). The molecular weight excluding hydrogens is 410 g/mol. The van der Waals surface area contributed by atoms with E-state index in [-0.39, 0.29) is 22.3 Å². The van der Waals surface area contributed by atoms with Gasteiger partial charge in [-0.3, -0.25) is 4.98 Å². The van der Waals surface area contributed by atoms with Gasteiger partial charge in [0.25, 0.3) is 0 Å². The molecule has 162 valence electrons. The number of piperidine rings is 1. The molecule has 29 heavy (non-hydrogen) atoms. The number of amides is 1. The summed E-state index contributed by atoms with van der Waals surface area (Å²) in [5.74, 6) is 0. The highest BCUT2D eigenvalue weighted by Crippen LogP contribution is 2.52. The van der Waals surface area contributed by atoms with E-state index in [0.29, 0.717) is 18.1 Å². The van der Waals surface area contributed by atoms with Crippen LogP contribution in [-0.2, 0) is 22.1 Å². The van der Waals surface area contributed by atoms with Gasteiger partial charge in [-0.1, -0.05) is 11.6 Å². The van der Waals surface area contributed by atoms with E-state index in [9.17, 15) is 9.00 Å². The summed E-state index contributed by atoms with van der Waals surface area (Å²) in [6.07, 6.45) is 3.78. The molecule has 1 aliphatic heterocycles. The standard InChI is InChI=1S/C21H32ClN3O3S/c1-19(2,3)28-18(26)25-9-7-21(8-10-25)12-14-11-15(22)13-23-16(14)17(21)24-29(27)20(4,5)6/h11,13,17,24H,7-10,12H2,1-6H3/t17?,29-/m1/s1. The molecule has 0 saturated carbocycles. The normalized spacial score (nSPS) is 22.4. The lowest BCUT2D eigenvalue weighted by molar-refractivity contribution is 0.00713. The van der Waals surface area contributed by atoms with E-state index in [1.54, 1.807) is 11.1 Å². The summed E-state index contributed by atoms with van der Waals surface area (Å²) in [7, 11) is -1.23. The van der Waals surface area contributed by atoms with Crippen molar-refractivity contribution in [3.05, 3.63) is 28.5 Å². The SMILES string of the molecule is CC(C)(C)OC(=O)N1CCC2(CC1)Cc1cc(Cl)cnc1C2N[S@](=O)C(C)(C)C. The predicted octanol–water partition coefficient (Wildman–Crippen LogP) is 4.40. The second-order valence-corrected chi connectivity index (χ2v) is 12.6. The van der Waals surface area contributed by atoms with E-state index < -0.39 is 16.6 Å². The molecule has 1 aromatic rings. The van der Waals surface area contributed by atoms with Crippen molar-refractivity contribution >= 4 is 28.7 Å². The van der Waals surface area contributed by atoms with Crippen LogP contribution >= 0.6 is 11.6 Å². The Hall–Kier alpha value is -1.18. The number of carbonyl (C=O) groups excluding carboxylic acids is 1. The second-order valence-electron chi connectivity index (χ2n) is 10.1. The number of likely N-dealkylation sites (tertiary alicyclic amines) is 1. The Morgan fingerprint density at radius 1 is 1.28 bits per heavy atom. The van der Waals surface area contributed by atoms with Gasteiger partial charge in [0.05, 0.1) is 32.5 Å². The van der Waals surface area contributed by atoms with Crippen LogP contribution in [0.2, 0.25) is 5.02 Å². The highest BCUT2D eigenvalue weighted by molar-refractivity contribution is 7.84. The van der Waals surface area contributed by atoms with E-state index in [1.165, 1.54) is 0 Å². The lowest BCUT2D eigenvalue weighted by atomic mass is 9.73. The average molecular weight is 442 g/mol. The number of halogens is 1. The van der Waals surface area contributed by atoms with Crippen LogP contribution in [-0.4, -0.2) is 43.6 Å². The summed E-state index contributed by atoms with van der Waals surface area (Å²) >= 11 is 6.19. The molecule has 6 nitrogen and oxygen atoms in total. The number of carbonyl (C=O) groups is 1. The Labute approximate surface area is 181 Å². The summed E-state index contributed by atoms with van der Waals surface area (Å²) < 4.78 is 21.4. The van der Waals surface area contributed by atoms with Crippen molar-refractivity contribution in [3.63, 3.8) is 0 Å². The first-order valence-electron chi connectivity index (χ1n) is 10.1. The molecule has 1 N–H and O–H groups in total. The van der Waals surface area contributed by atoms with Gasteiger partial charge in [-0.05, 0) is 77.8 Å². The smallest absolute Gasteiger partial charge is 0.410 e. The maximum absolute atomic E-state index is 12.9. The fraction of sp³-hybridized carbons (Fsp3) is 0.714. The number of nitrogens with one attached hydrogen (secondary N) is 1. The minimum Gasteiger partial charge on any atom is -0.444 e. The van der Waals surface area contributed by atoms with Crippen molar-refractivity contribution in [1.29, 1.82) is 0 Å². The fourth-order valence-corrected chi connectivity index (χ4v) is 5.17. The van der Waals surface area contributed by atoms with Crippen LogP contribution in [0, 0.1) is 5.41 Å². The molecule has 1 amide bonds. The molecule has 2 atom stereocenters. The maximum atomic E-state index is 12.9. The third-order valence-corrected chi connectivity index (χ3v) is 7.36. The first-order chi connectivity index (χ1) is 13.3. The quantitative estimate of drug-likeness (QED) is 0.738. The molecule has 2 heterocycles. The lowest BCUT2D eigenvalue weighted by Gasteiger charge is -2.43. The van der Waals surface area contributed by atoms with E-state index in [1.807, 2.05) is 47.6 Å². The van der Waals surface area contributed by atoms with Gasteiger partial charge < -0.3 is 9.64 Å². The minimum atomic E-state index is -1.23. The van der Waals surface area contributed by atoms with Crippen LogP contribution in [0.15, 0.2) is 12.3 Å². The molecule has 1 saturated heterocycles. The zero-order valence-electron chi connectivity index (χ0n) is 18.2. The topological polar surface area (TPSA) is 71.5 Å². The molecule has 2 aliphatic rings. The number of pyridine rings is 1. The minimum absolute atomic E-state index is 0.129. The number of aromatic nitrogens is 1. The third kappa shape index (κ3) is 4.94. The molecule has 1 spiro atoms. The van der Waals surface area contributed by atoms with Crippen LogP contribution in [0.1, 0.15) is 71.7 Å². The largest absolute Gasteiger partial charge is 0.444 e. The van der Waals surface area contributed by atoms with E-state index in [2.05, 4.69) is 9.71 Å². The van der Waals surface area contributed by atoms with Crippen LogP contribution in [0.3, 0.4) is 0 Å². The number of hydrogen-bond acceptors (Lipinski definition) is 4. The Balaban J connectivity index is 1.82. The molecular formula is C21H32ClN3O3S. The number of rotatable bonds is 2. The third-order valence-electron chi connectivity index (χ3n) is 5.59. The molecule has 1 fully saturated rings. The van der Waals surface area contributed by atoms with Crippen LogP contribution in [0.25, 0.3) is 0 Å². The molecule has 0 bridgehead atoms. The summed E-state index contributed by atoms with van der Waals surface area (Å²) in [5.41, 5.74) is 1.38. The van der Waals surface area contributed by atoms with Crippen molar-refractivity contribution < 1.29 is 13.7 Å². The predicted molar refractivity (Wildman–Crippen MR) is 116 cm³/mol. The molecule has 0 radical (unpaired) electrons. The van der Waals surface area contributed by atoms with Gasteiger partial charge in [0.2, 0.25) is 0 Å². The van der Waals surface area contributed by atoms with E-state index >= 15 is 0 Å². The zero-order valence-corrected chi connectivity index (χ0v) is 19.7. The number of nitrogens with zero attached hydrogens (tertiary/aromatic N) is 2. The van der Waals surface area contributed by atoms with Crippen molar-refractivity contribution in [2.75, 3.05) is 13.1 Å². The van der Waals surface area contributed by atoms with Crippen molar-refractivity contribution in [3.8, 4) is 0 Å².